The minimum absolute atomic E-state index is 0.702. The zero-order valence-corrected chi connectivity index (χ0v) is 11.1. The molecule has 0 spiro atoms. The van der Waals surface area contributed by atoms with Crippen molar-refractivity contribution in [3.63, 3.8) is 0 Å². The molecule has 6 heteroatoms. The van der Waals surface area contributed by atoms with Crippen molar-refractivity contribution < 1.29 is 4.74 Å². The van der Waals surface area contributed by atoms with Crippen LogP contribution in [0.3, 0.4) is 0 Å². The van der Waals surface area contributed by atoms with Crippen LogP contribution in [0.2, 0.25) is 4.34 Å². The fourth-order valence-electron chi connectivity index (χ4n) is 1.42. The van der Waals surface area contributed by atoms with Crippen LogP contribution in [0.5, 0.6) is 0 Å². The molecule has 2 rings (SSSR count). The number of methoxy groups -OCH3 is 1. The predicted octanol–water partition coefficient (Wildman–Crippen LogP) is 2.53. The van der Waals surface area contributed by atoms with Crippen molar-refractivity contribution in [3.05, 3.63) is 28.5 Å². The maximum absolute atomic E-state index is 5.89. The van der Waals surface area contributed by atoms with Gasteiger partial charge < -0.3 is 15.0 Å². The maximum Gasteiger partial charge on any atom is 0.120 e. The highest BCUT2D eigenvalue weighted by Crippen LogP contribution is 2.29. The van der Waals surface area contributed by atoms with Gasteiger partial charge >= 0.3 is 0 Å². The van der Waals surface area contributed by atoms with Crippen LogP contribution in [0.1, 0.15) is 5.82 Å². The van der Waals surface area contributed by atoms with Gasteiger partial charge in [-0.1, -0.05) is 11.6 Å². The molecule has 0 amide bonds. The Labute approximate surface area is 109 Å². The molecule has 92 valence electrons. The topological polar surface area (TPSA) is 49.9 Å². The van der Waals surface area contributed by atoms with Crippen LogP contribution in [-0.2, 0) is 11.3 Å². The van der Waals surface area contributed by atoms with Crippen LogP contribution in [0.25, 0.3) is 10.6 Å². The first-order valence-electron chi connectivity index (χ1n) is 5.29. The van der Waals surface area contributed by atoms with Gasteiger partial charge in [-0.2, -0.15) is 0 Å². The summed E-state index contributed by atoms with van der Waals surface area (Å²) in [6, 6.07) is 3.88. The number of nitrogens with one attached hydrogen (secondary N) is 2. The second kappa shape index (κ2) is 6.16. The van der Waals surface area contributed by atoms with E-state index in [2.05, 4.69) is 15.3 Å². The zero-order valence-electron chi connectivity index (χ0n) is 9.50. The summed E-state index contributed by atoms with van der Waals surface area (Å²) in [5.41, 5.74) is 1.01. The van der Waals surface area contributed by atoms with Crippen LogP contribution in [0.4, 0.5) is 0 Å². The average Bonchev–Trinajstić information content (AvgIpc) is 2.93. The van der Waals surface area contributed by atoms with E-state index in [1.165, 1.54) is 11.3 Å². The molecule has 0 bridgehead atoms. The molecule has 2 aromatic rings. The number of hydrogen-bond donors (Lipinski definition) is 2. The summed E-state index contributed by atoms with van der Waals surface area (Å²) >= 11 is 7.43. The molecule has 0 aliphatic heterocycles. The highest BCUT2D eigenvalue weighted by Gasteiger charge is 2.05. The van der Waals surface area contributed by atoms with Gasteiger partial charge in [0.1, 0.15) is 5.82 Å². The van der Waals surface area contributed by atoms with Crippen LogP contribution in [-0.4, -0.2) is 30.2 Å². The zero-order chi connectivity index (χ0) is 12.1. The number of imidazole rings is 1. The van der Waals surface area contributed by atoms with Gasteiger partial charge in [0.25, 0.3) is 0 Å². The number of halogens is 1. The number of rotatable bonds is 6. The Hall–Kier alpha value is -0.880. The molecule has 0 aliphatic rings. The first kappa shape index (κ1) is 12.6. The monoisotopic (exact) mass is 271 g/mol. The molecule has 17 heavy (non-hydrogen) atoms. The van der Waals surface area contributed by atoms with Gasteiger partial charge in [0.05, 0.1) is 34.3 Å². The van der Waals surface area contributed by atoms with E-state index in [1.54, 1.807) is 7.11 Å². The molecular formula is C11H14ClN3OS. The molecule has 0 atom stereocenters. The van der Waals surface area contributed by atoms with E-state index in [0.717, 1.165) is 27.3 Å². The second-order valence-electron chi connectivity index (χ2n) is 3.52. The Morgan fingerprint density at radius 1 is 1.53 bits per heavy atom. The summed E-state index contributed by atoms with van der Waals surface area (Å²) in [4.78, 5) is 8.66. The molecule has 0 aliphatic carbocycles. The van der Waals surface area contributed by atoms with Gasteiger partial charge in [0, 0.05) is 13.7 Å². The van der Waals surface area contributed by atoms with Crippen molar-refractivity contribution in [3.8, 4) is 10.6 Å². The summed E-state index contributed by atoms with van der Waals surface area (Å²) in [5.74, 6) is 0.917. The number of nitrogens with zero attached hydrogens (tertiary/aromatic N) is 1. The van der Waals surface area contributed by atoms with E-state index >= 15 is 0 Å². The molecule has 2 N–H and O–H groups in total. The van der Waals surface area contributed by atoms with Gasteiger partial charge in [-0.15, -0.1) is 11.3 Å². The number of aromatic amines is 1. The summed E-state index contributed by atoms with van der Waals surface area (Å²) in [6.45, 7) is 2.23. The largest absolute Gasteiger partial charge is 0.383 e. The van der Waals surface area contributed by atoms with Crippen molar-refractivity contribution in [1.29, 1.82) is 0 Å². The fraction of sp³-hybridized carbons (Fsp3) is 0.364. The lowest BCUT2D eigenvalue weighted by atomic mass is 10.4. The van der Waals surface area contributed by atoms with Crippen LogP contribution in [0.15, 0.2) is 18.3 Å². The number of H-pyrrole nitrogens is 1. The highest BCUT2D eigenvalue weighted by molar-refractivity contribution is 7.19. The maximum atomic E-state index is 5.89. The third-order valence-corrected chi connectivity index (χ3v) is 3.51. The molecule has 0 unspecified atom stereocenters. The predicted molar refractivity (Wildman–Crippen MR) is 70.5 cm³/mol. The van der Waals surface area contributed by atoms with Crippen molar-refractivity contribution in [2.24, 2.45) is 0 Å². The molecule has 2 heterocycles. The Balaban J connectivity index is 1.92. The Morgan fingerprint density at radius 2 is 2.41 bits per heavy atom. The lowest BCUT2D eigenvalue weighted by molar-refractivity contribution is 0.199. The number of aromatic nitrogens is 2. The Bertz CT molecular complexity index is 469. The fourth-order valence-corrected chi connectivity index (χ4v) is 2.43. The summed E-state index contributed by atoms with van der Waals surface area (Å²) in [6.07, 6.45) is 1.83. The molecule has 0 radical (unpaired) electrons. The van der Waals surface area contributed by atoms with E-state index in [4.69, 9.17) is 16.3 Å². The van der Waals surface area contributed by atoms with Gasteiger partial charge in [-0.05, 0) is 12.1 Å². The van der Waals surface area contributed by atoms with Gasteiger partial charge in [0.15, 0.2) is 0 Å². The average molecular weight is 272 g/mol. The third-order valence-electron chi connectivity index (χ3n) is 2.24. The van der Waals surface area contributed by atoms with Gasteiger partial charge in [0.2, 0.25) is 0 Å². The van der Waals surface area contributed by atoms with Gasteiger partial charge in [-0.3, -0.25) is 0 Å². The summed E-state index contributed by atoms with van der Waals surface area (Å²) in [7, 11) is 1.69. The van der Waals surface area contributed by atoms with Crippen molar-refractivity contribution in [1.82, 2.24) is 15.3 Å². The summed E-state index contributed by atoms with van der Waals surface area (Å²) < 4.78 is 5.74. The van der Waals surface area contributed by atoms with Crippen LogP contribution in [0, 0.1) is 0 Å². The second-order valence-corrected chi connectivity index (χ2v) is 5.23. The highest BCUT2D eigenvalue weighted by atomic mass is 35.5. The standard InChI is InChI=1S/C11H14ClN3OS/c1-16-5-4-13-7-11-14-6-8(15-11)9-2-3-10(12)17-9/h2-3,6,13H,4-5,7H2,1H3,(H,14,15). The number of thiophene rings is 1. The number of hydrogen-bond acceptors (Lipinski definition) is 4. The normalized spacial score (nSPS) is 10.9. The lowest BCUT2D eigenvalue weighted by Crippen LogP contribution is -2.19. The molecule has 0 fully saturated rings. The molecule has 0 saturated heterocycles. The van der Waals surface area contributed by atoms with Crippen molar-refractivity contribution >= 4 is 22.9 Å². The number of ether oxygens (including phenoxy) is 1. The van der Waals surface area contributed by atoms with E-state index in [1.807, 2.05) is 18.3 Å². The van der Waals surface area contributed by atoms with Crippen LogP contribution >= 0.6 is 22.9 Å². The van der Waals surface area contributed by atoms with Crippen LogP contribution < -0.4 is 5.32 Å². The summed E-state index contributed by atoms with van der Waals surface area (Å²) in [5, 5.41) is 3.23. The van der Waals surface area contributed by atoms with Crippen molar-refractivity contribution in [2.45, 2.75) is 6.54 Å². The lowest BCUT2D eigenvalue weighted by Gasteiger charge is -2.00. The molecule has 4 nitrogen and oxygen atoms in total. The SMILES string of the molecule is COCCNCc1ncc(-c2ccc(Cl)s2)[nH]1. The smallest absolute Gasteiger partial charge is 0.120 e. The quantitative estimate of drug-likeness (QED) is 0.794. The first-order chi connectivity index (χ1) is 8.29. The molecule has 0 aromatic carbocycles. The van der Waals surface area contributed by atoms with E-state index in [0.29, 0.717) is 13.2 Å². The Kier molecular flexibility index (Phi) is 4.56. The van der Waals surface area contributed by atoms with E-state index in [9.17, 15) is 0 Å². The minimum atomic E-state index is 0.702. The molecule has 2 aromatic heterocycles. The molecule has 0 saturated carbocycles. The molecular weight excluding hydrogens is 258 g/mol. The first-order valence-corrected chi connectivity index (χ1v) is 6.48. The van der Waals surface area contributed by atoms with E-state index < -0.39 is 0 Å². The van der Waals surface area contributed by atoms with Gasteiger partial charge in [-0.25, -0.2) is 4.98 Å². The van der Waals surface area contributed by atoms with Crippen molar-refractivity contribution in [2.75, 3.05) is 20.3 Å². The van der Waals surface area contributed by atoms with E-state index in [-0.39, 0.29) is 0 Å². The third kappa shape index (κ3) is 3.54. The Morgan fingerprint density at radius 3 is 3.12 bits per heavy atom. The minimum Gasteiger partial charge on any atom is -0.383 e.